The van der Waals surface area contributed by atoms with Crippen molar-refractivity contribution in [1.82, 2.24) is 5.01 Å². The molecule has 0 saturated carbocycles. The monoisotopic (exact) mass is 429 g/mol. The van der Waals surface area contributed by atoms with Crippen molar-refractivity contribution in [2.45, 2.75) is 18.6 Å². The van der Waals surface area contributed by atoms with E-state index in [-0.39, 0.29) is 24.9 Å². The Morgan fingerprint density at radius 1 is 1.23 bits per heavy atom. The lowest BCUT2D eigenvalue weighted by Crippen LogP contribution is -2.29. The summed E-state index contributed by atoms with van der Waals surface area (Å²) in [4.78, 5) is 21.2. The number of aliphatic hydroxyl groups excluding tert-OH is 1. The fourth-order valence-electron chi connectivity index (χ4n) is 3.44. The van der Waals surface area contributed by atoms with E-state index in [1.54, 1.807) is 35.3 Å². The highest BCUT2D eigenvalue weighted by atomic mass is 32.1. The van der Waals surface area contributed by atoms with Crippen LogP contribution in [-0.2, 0) is 9.57 Å². The molecule has 2 aliphatic rings. The summed E-state index contributed by atoms with van der Waals surface area (Å²) in [6.07, 6.45) is -0.253. The zero-order chi connectivity index (χ0) is 21.1. The second-order valence-electron chi connectivity index (χ2n) is 7.11. The maximum Gasteiger partial charge on any atom is 0.414 e. The summed E-state index contributed by atoms with van der Waals surface area (Å²) < 4.78 is 5.44. The van der Waals surface area contributed by atoms with Gasteiger partial charge in [0.1, 0.15) is 11.8 Å². The summed E-state index contributed by atoms with van der Waals surface area (Å²) in [5.41, 5.74) is 2.71. The molecule has 0 aliphatic carbocycles. The third kappa shape index (κ3) is 4.29. The van der Waals surface area contributed by atoms with Crippen molar-refractivity contribution in [2.24, 2.45) is 15.5 Å². The lowest BCUT2D eigenvalue weighted by Gasteiger charge is -2.15. The number of hydrogen-bond acceptors (Lipinski definition) is 8. The van der Waals surface area contributed by atoms with Crippen LogP contribution in [0, 0.1) is 0 Å². The molecule has 4 rings (SSSR count). The van der Waals surface area contributed by atoms with Crippen LogP contribution in [0.5, 0.6) is 0 Å². The maximum absolute atomic E-state index is 12.3. The second-order valence-corrected chi connectivity index (χ2v) is 8.19. The number of ether oxygens (including phenoxy) is 1. The van der Waals surface area contributed by atoms with Crippen molar-refractivity contribution in [1.29, 1.82) is 0 Å². The number of hydrogen-bond donors (Lipinski definition) is 1. The molecule has 1 aromatic carbocycles. The van der Waals surface area contributed by atoms with Crippen molar-refractivity contribution < 1.29 is 19.5 Å². The molecule has 30 heavy (non-hydrogen) atoms. The first-order valence-electron chi connectivity index (χ1n) is 9.60. The number of oxime groups is 1. The molecule has 0 spiro atoms. The lowest BCUT2D eigenvalue weighted by atomic mass is 10.1. The number of cyclic esters (lactones) is 1. The van der Waals surface area contributed by atoms with Crippen LogP contribution in [0.1, 0.15) is 11.3 Å². The van der Waals surface area contributed by atoms with Crippen LogP contribution in [0.4, 0.5) is 10.5 Å². The Morgan fingerprint density at radius 3 is 2.70 bits per heavy atom. The van der Waals surface area contributed by atoms with Crippen LogP contribution in [0.3, 0.4) is 0 Å². The summed E-state index contributed by atoms with van der Waals surface area (Å²) in [5, 5.41) is 22.6. The van der Waals surface area contributed by atoms with Crippen molar-refractivity contribution in [3.05, 3.63) is 41.3 Å². The number of benzene rings is 1. The minimum absolute atomic E-state index is 0.0362. The molecule has 0 radical (unpaired) electrons. The first-order chi connectivity index (χ1) is 14.6. The molecule has 2 unspecified atom stereocenters. The Balaban J connectivity index is 1.42. The Labute approximate surface area is 178 Å². The molecule has 1 fully saturated rings. The van der Waals surface area contributed by atoms with Gasteiger partial charge in [-0.3, -0.25) is 9.91 Å². The van der Waals surface area contributed by atoms with Crippen molar-refractivity contribution in [3.8, 4) is 10.4 Å². The van der Waals surface area contributed by atoms with Crippen molar-refractivity contribution in [3.63, 3.8) is 0 Å². The largest absolute Gasteiger partial charge is 0.442 e. The Kier molecular flexibility index (Phi) is 5.96. The molecule has 0 bridgehead atoms. The molecule has 2 aromatic rings. The zero-order valence-electron chi connectivity index (χ0n) is 16.8. The number of carbonyl (C=O) groups is 1. The van der Waals surface area contributed by atoms with Crippen LogP contribution in [0.15, 0.2) is 51.9 Å². The first-order valence-corrected chi connectivity index (χ1v) is 10.4. The maximum atomic E-state index is 12.3. The average molecular weight is 430 g/mol. The number of nitrogens with zero attached hydrogens (tertiary/aromatic N) is 5. The van der Waals surface area contributed by atoms with Gasteiger partial charge in [-0.05, 0) is 29.8 Å². The SMILES string of the molecule is CN=NN(C)CC1CN(c2ccc(-c3ccc(C4=NOC(CO)C4)s3)cc2)C(=O)O1. The Morgan fingerprint density at radius 2 is 2.00 bits per heavy atom. The Hall–Kier alpha value is -2.98. The number of likely N-dealkylation sites (N-methyl/N-ethyl adjacent to an activating group) is 1. The van der Waals surface area contributed by atoms with E-state index in [4.69, 9.17) is 9.57 Å². The highest BCUT2D eigenvalue weighted by Crippen LogP contribution is 2.32. The standard InChI is InChI=1S/C20H23N5O4S/c1-21-23-24(2)10-16-11-25(20(27)28-16)14-5-3-13(4-6-14)18-7-8-19(30-18)17-9-15(12-26)29-22-17/h3-8,15-16,26H,9-12H2,1-2H3. The molecule has 1 aromatic heterocycles. The molecular weight excluding hydrogens is 406 g/mol. The summed E-state index contributed by atoms with van der Waals surface area (Å²) in [6, 6.07) is 11.9. The van der Waals surface area contributed by atoms with Crippen molar-refractivity contribution in [2.75, 3.05) is 38.7 Å². The number of carbonyl (C=O) groups excluding carboxylic acids is 1. The predicted molar refractivity (Wildman–Crippen MR) is 114 cm³/mol. The van der Waals surface area contributed by atoms with Gasteiger partial charge in [0.05, 0.1) is 31.6 Å². The molecular formula is C20H23N5O4S. The van der Waals surface area contributed by atoms with Crippen LogP contribution in [0.25, 0.3) is 10.4 Å². The third-order valence-electron chi connectivity index (χ3n) is 4.87. The molecule has 3 heterocycles. The molecule has 1 amide bonds. The molecule has 1 N–H and O–H groups in total. The minimum Gasteiger partial charge on any atom is -0.442 e. The average Bonchev–Trinajstić information content (AvgIpc) is 3.47. The van der Waals surface area contributed by atoms with Crippen LogP contribution in [-0.4, -0.2) is 67.9 Å². The molecule has 10 heteroatoms. The quantitative estimate of drug-likeness (QED) is 0.538. The lowest BCUT2D eigenvalue weighted by molar-refractivity contribution is 0.0390. The number of rotatable bonds is 7. The summed E-state index contributed by atoms with van der Waals surface area (Å²) in [6.45, 7) is 0.919. The van der Waals surface area contributed by atoms with Gasteiger partial charge in [-0.1, -0.05) is 22.5 Å². The van der Waals surface area contributed by atoms with Gasteiger partial charge in [-0.25, -0.2) is 4.79 Å². The molecule has 1 saturated heterocycles. The van der Waals surface area contributed by atoms with E-state index in [1.165, 1.54) is 0 Å². The highest BCUT2D eigenvalue weighted by molar-refractivity contribution is 7.17. The van der Waals surface area contributed by atoms with E-state index < -0.39 is 0 Å². The van der Waals surface area contributed by atoms with Gasteiger partial charge in [-0.15, -0.1) is 11.3 Å². The van der Waals surface area contributed by atoms with E-state index >= 15 is 0 Å². The smallest absolute Gasteiger partial charge is 0.414 e. The first kappa shape index (κ1) is 20.3. The molecule has 9 nitrogen and oxygen atoms in total. The van der Waals surface area contributed by atoms with Crippen molar-refractivity contribution >= 4 is 28.8 Å². The number of amides is 1. The topological polar surface area (TPSA) is 99.3 Å². The summed E-state index contributed by atoms with van der Waals surface area (Å²) in [5.74, 6) is 0. The predicted octanol–water partition coefficient (Wildman–Crippen LogP) is 3.15. The van der Waals surface area contributed by atoms with Gasteiger partial charge >= 0.3 is 6.09 Å². The highest BCUT2D eigenvalue weighted by Gasteiger charge is 2.33. The summed E-state index contributed by atoms with van der Waals surface area (Å²) >= 11 is 1.62. The number of anilines is 1. The van der Waals surface area contributed by atoms with Gasteiger partial charge in [0.25, 0.3) is 0 Å². The van der Waals surface area contributed by atoms with Gasteiger partial charge in [0.2, 0.25) is 0 Å². The zero-order valence-corrected chi connectivity index (χ0v) is 17.6. The van der Waals surface area contributed by atoms with Crippen LogP contribution < -0.4 is 4.90 Å². The van der Waals surface area contributed by atoms with E-state index in [1.807, 2.05) is 36.4 Å². The normalized spacial score (nSPS) is 21.1. The number of thiophene rings is 1. The summed E-state index contributed by atoms with van der Waals surface area (Å²) in [7, 11) is 3.39. The van der Waals surface area contributed by atoms with Gasteiger partial charge < -0.3 is 14.7 Å². The van der Waals surface area contributed by atoms with Gasteiger partial charge in [0.15, 0.2) is 6.10 Å². The molecule has 2 atom stereocenters. The second kappa shape index (κ2) is 8.80. The van der Waals surface area contributed by atoms with Gasteiger partial charge in [0, 0.05) is 24.0 Å². The molecule has 158 valence electrons. The van der Waals surface area contributed by atoms with E-state index in [0.29, 0.717) is 19.5 Å². The number of aliphatic hydroxyl groups is 1. The third-order valence-corrected chi connectivity index (χ3v) is 6.06. The minimum atomic E-state index is -0.356. The van der Waals surface area contributed by atoms with E-state index in [2.05, 4.69) is 15.5 Å². The van der Waals surface area contributed by atoms with Crippen LogP contribution in [0.2, 0.25) is 0 Å². The molecule has 2 aliphatic heterocycles. The van der Waals surface area contributed by atoms with Crippen LogP contribution >= 0.6 is 11.3 Å². The fraction of sp³-hybridized carbons (Fsp3) is 0.400. The Bertz CT molecular complexity index is 958. The van der Waals surface area contributed by atoms with Gasteiger partial charge in [-0.2, -0.15) is 5.11 Å². The van der Waals surface area contributed by atoms with E-state index in [0.717, 1.165) is 26.7 Å². The fourth-order valence-corrected chi connectivity index (χ4v) is 4.44. The van der Waals surface area contributed by atoms with E-state index in [9.17, 15) is 9.90 Å².